The lowest BCUT2D eigenvalue weighted by Crippen LogP contribution is -2.11. The van der Waals surface area contributed by atoms with E-state index in [-0.39, 0.29) is 15.1 Å². The van der Waals surface area contributed by atoms with E-state index in [2.05, 4.69) is 37.2 Å². The third-order valence-corrected chi connectivity index (χ3v) is 5.42. The number of nitrogens with two attached hydrogens (primary N) is 1. The molecule has 0 radical (unpaired) electrons. The molecule has 0 fully saturated rings. The lowest BCUT2D eigenvalue weighted by Gasteiger charge is -2.13. The summed E-state index contributed by atoms with van der Waals surface area (Å²) in [6.07, 6.45) is 0. The second-order valence-electron chi connectivity index (χ2n) is 4.00. The van der Waals surface area contributed by atoms with Gasteiger partial charge in [-0.25, -0.2) is 4.39 Å². The smallest absolute Gasteiger partial charge is 0.161 e. The van der Waals surface area contributed by atoms with Crippen molar-refractivity contribution < 1.29 is 4.39 Å². The molecule has 0 aliphatic heterocycles. The molecule has 0 aliphatic carbocycles. The van der Waals surface area contributed by atoms with Crippen LogP contribution >= 0.6 is 67.3 Å². The van der Waals surface area contributed by atoms with E-state index in [1.165, 1.54) is 6.07 Å². The van der Waals surface area contributed by atoms with Crippen LogP contribution in [0.5, 0.6) is 0 Å². The molecular weight excluding hydrogens is 466 g/mol. The number of hydrogen-bond acceptors (Lipinski definition) is 2. The minimum absolute atomic E-state index is 0.108. The Morgan fingerprint density at radius 2 is 1.71 bits per heavy atom. The monoisotopic (exact) mass is 470 g/mol. The highest BCUT2D eigenvalue weighted by atomic mass is 79.9. The van der Waals surface area contributed by atoms with Crippen LogP contribution in [0.3, 0.4) is 0 Å². The molecule has 2 aromatic rings. The van der Waals surface area contributed by atoms with Crippen molar-refractivity contribution in [3.8, 4) is 0 Å². The van der Waals surface area contributed by atoms with Gasteiger partial charge in [-0.3, -0.25) is 0 Å². The molecule has 0 saturated carbocycles. The zero-order valence-electron chi connectivity index (χ0n) is 10.2. The Morgan fingerprint density at radius 1 is 1.10 bits per heavy atom. The van der Waals surface area contributed by atoms with Gasteiger partial charge in [0, 0.05) is 10.0 Å². The van der Waals surface area contributed by atoms with Crippen LogP contribution < -0.4 is 11.1 Å². The molecule has 2 nitrogen and oxygen atoms in total. The average molecular weight is 473 g/mol. The van der Waals surface area contributed by atoms with Crippen LogP contribution in [0, 0.1) is 5.82 Å². The number of thiocarbonyl (C=S) groups is 1. The fourth-order valence-electron chi connectivity index (χ4n) is 1.60. The highest BCUT2D eigenvalue weighted by molar-refractivity contribution is 9.10. The molecule has 2 aromatic carbocycles. The van der Waals surface area contributed by atoms with Gasteiger partial charge in [-0.05, 0) is 56.1 Å². The van der Waals surface area contributed by atoms with E-state index in [1.54, 1.807) is 18.2 Å². The minimum Gasteiger partial charge on any atom is -0.389 e. The van der Waals surface area contributed by atoms with Crippen molar-refractivity contribution in [2.75, 3.05) is 5.32 Å². The number of halogens is 5. The summed E-state index contributed by atoms with van der Waals surface area (Å²) in [5, 5.41) is 3.53. The van der Waals surface area contributed by atoms with E-state index in [9.17, 15) is 4.39 Å². The Morgan fingerprint density at radius 3 is 2.33 bits per heavy atom. The van der Waals surface area contributed by atoms with Crippen molar-refractivity contribution in [2.24, 2.45) is 5.73 Å². The third kappa shape index (κ3) is 3.51. The first-order valence-corrected chi connectivity index (χ1v) is 8.26. The zero-order chi connectivity index (χ0) is 15.7. The van der Waals surface area contributed by atoms with Crippen molar-refractivity contribution >= 4 is 83.6 Å². The van der Waals surface area contributed by atoms with Gasteiger partial charge in [0.05, 0.1) is 25.9 Å². The van der Waals surface area contributed by atoms with Crippen molar-refractivity contribution in [2.45, 2.75) is 0 Å². The first-order valence-electron chi connectivity index (χ1n) is 5.51. The second-order valence-corrected chi connectivity index (χ2v) is 6.84. The SMILES string of the molecule is NC(=S)c1ccc(Nc2ccc(Br)c(Cl)c2Cl)c(F)c1Br. The van der Waals surface area contributed by atoms with Crippen LogP contribution in [0.15, 0.2) is 33.2 Å². The first-order chi connectivity index (χ1) is 9.82. The van der Waals surface area contributed by atoms with E-state index in [0.717, 1.165) is 0 Å². The fraction of sp³-hybridized carbons (Fsp3) is 0. The second kappa shape index (κ2) is 6.79. The predicted molar refractivity (Wildman–Crippen MR) is 97.4 cm³/mol. The molecular formula is C13H7Br2Cl2FN2S. The van der Waals surface area contributed by atoms with Gasteiger partial charge in [0.2, 0.25) is 0 Å². The van der Waals surface area contributed by atoms with E-state index < -0.39 is 5.82 Å². The lowest BCUT2D eigenvalue weighted by molar-refractivity contribution is 0.625. The van der Waals surface area contributed by atoms with Crippen molar-refractivity contribution in [3.63, 3.8) is 0 Å². The van der Waals surface area contributed by atoms with Crippen LogP contribution in [0.25, 0.3) is 0 Å². The van der Waals surface area contributed by atoms with E-state index in [0.29, 0.717) is 25.8 Å². The molecule has 0 saturated heterocycles. The molecule has 0 atom stereocenters. The van der Waals surface area contributed by atoms with Crippen LogP contribution in [-0.4, -0.2) is 4.99 Å². The molecule has 0 heterocycles. The summed E-state index contributed by atoms with van der Waals surface area (Å²) in [6, 6.07) is 6.55. The van der Waals surface area contributed by atoms with Crippen molar-refractivity contribution in [1.82, 2.24) is 0 Å². The Bertz CT molecular complexity index is 741. The minimum atomic E-state index is -0.518. The summed E-state index contributed by atoms with van der Waals surface area (Å²) in [5.41, 5.74) is 6.65. The van der Waals surface area contributed by atoms with Crippen LogP contribution in [0.1, 0.15) is 5.56 Å². The largest absolute Gasteiger partial charge is 0.389 e. The Kier molecular flexibility index (Phi) is 5.48. The Balaban J connectivity index is 2.44. The molecule has 110 valence electrons. The number of hydrogen-bond donors (Lipinski definition) is 2. The van der Waals surface area contributed by atoms with E-state index in [4.69, 9.17) is 41.2 Å². The van der Waals surface area contributed by atoms with Crippen LogP contribution in [-0.2, 0) is 0 Å². The summed E-state index contributed by atoms with van der Waals surface area (Å²) >= 11 is 23.4. The van der Waals surface area contributed by atoms with Gasteiger partial charge in [-0.15, -0.1) is 0 Å². The number of anilines is 2. The Hall–Kier alpha value is -0.400. The summed E-state index contributed by atoms with van der Waals surface area (Å²) < 4.78 is 15.2. The number of rotatable bonds is 3. The van der Waals surface area contributed by atoms with Crippen molar-refractivity contribution in [1.29, 1.82) is 0 Å². The molecule has 2 rings (SSSR count). The molecule has 3 N–H and O–H groups in total. The molecule has 0 aliphatic rings. The summed E-state index contributed by atoms with van der Waals surface area (Å²) in [7, 11) is 0. The van der Waals surface area contributed by atoms with Gasteiger partial charge < -0.3 is 11.1 Å². The summed E-state index contributed by atoms with van der Waals surface area (Å²) in [4.78, 5) is 0.108. The first kappa shape index (κ1) is 17.0. The molecule has 0 amide bonds. The average Bonchev–Trinajstić information content (AvgIpc) is 2.44. The Labute approximate surface area is 153 Å². The third-order valence-electron chi connectivity index (χ3n) is 2.65. The maximum atomic E-state index is 14.3. The van der Waals surface area contributed by atoms with Gasteiger partial charge in [-0.2, -0.15) is 0 Å². The fourth-order valence-corrected chi connectivity index (χ4v) is 3.29. The molecule has 0 bridgehead atoms. The van der Waals surface area contributed by atoms with Gasteiger partial charge in [0.25, 0.3) is 0 Å². The molecule has 0 aromatic heterocycles. The molecule has 8 heteroatoms. The van der Waals surface area contributed by atoms with Gasteiger partial charge in [0.15, 0.2) is 5.82 Å². The van der Waals surface area contributed by atoms with Crippen molar-refractivity contribution in [3.05, 3.63) is 54.6 Å². The van der Waals surface area contributed by atoms with Crippen LogP contribution in [0.2, 0.25) is 10.0 Å². The van der Waals surface area contributed by atoms with Gasteiger partial charge in [-0.1, -0.05) is 35.4 Å². The maximum absolute atomic E-state index is 14.3. The van der Waals surface area contributed by atoms with Crippen LogP contribution in [0.4, 0.5) is 15.8 Å². The standard InChI is InChI=1S/C13H7Br2Cl2FN2S/c14-6-2-4-7(11(17)10(6)16)20-8-3-1-5(13(19)21)9(15)12(8)18/h1-4,20H,(H2,19,21). The predicted octanol–water partition coefficient (Wildman–Crippen LogP) is 6.04. The molecule has 21 heavy (non-hydrogen) atoms. The highest BCUT2D eigenvalue weighted by Gasteiger charge is 2.15. The van der Waals surface area contributed by atoms with E-state index >= 15 is 0 Å². The van der Waals surface area contributed by atoms with Gasteiger partial charge in [0.1, 0.15) is 4.99 Å². The van der Waals surface area contributed by atoms with E-state index in [1.807, 2.05) is 0 Å². The lowest BCUT2D eigenvalue weighted by atomic mass is 10.2. The molecule has 0 unspecified atom stereocenters. The number of benzene rings is 2. The normalized spacial score (nSPS) is 10.5. The maximum Gasteiger partial charge on any atom is 0.161 e. The highest BCUT2D eigenvalue weighted by Crippen LogP contribution is 2.38. The summed E-state index contributed by atoms with van der Waals surface area (Å²) in [5.74, 6) is -0.518. The topological polar surface area (TPSA) is 38.0 Å². The van der Waals surface area contributed by atoms with Gasteiger partial charge >= 0.3 is 0 Å². The molecule has 0 spiro atoms. The summed E-state index contributed by atoms with van der Waals surface area (Å²) in [6.45, 7) is 0. The number of nitrogens with one attached hydrogen (secondary N) is 1. The zero-order valence-corrected chi connectivity index (χ0v) is 15.7. The quantitative estimate of drug-likeness (QED) is 0.422.